The molecule has 0 N–H and O–H groups in total. The summed E-state index contributed by atoms with van der Waals surface area (Å²) in [5.41, 5.74) is 0. The van der Waals surface area contributed by atoms with E-state index in [1.54, 1.807) is 6.08 Å². The fourth-order valence-electron chi connectivity index (χ4n) is 1.05. The van der Waals surface area contributed by atoms with Crippen LogP contribution < -0.4 is 0 Å². The Morgan fingerprint density at radius 3 is 3.45 bits per heavy atom. The Morgan fingerprint density at radius 1 is 1.45 bits per heavy atom. The lowest BCUT2D eigenvalue weighted by atomic mass is 10.3. The van der Waals surface area contributed by atoms with Crippen molar-refractivity contribution in [1.82, 2.24) is 0 Å². The molecule has 1 fully saturated rings. The number of rotatable bonds is 0. The molecule has 1 unspecified atom stereocenters. The summed E-state index contributed by atoms with van der Waals surface area (Å²) in [6.07, 6.45) is 5.41. The van der Waals surface area contributed by atoms with E-state index in [4.69, 9.17) is 9.47 Å². The summed E-state index contributed by atoms with van der Waals surface area (Å²) in [6.45, 7) is 1.27. The average molecular weight is 148 g/mol. The molecule has 0 saturated carbocycles. The van der Waals surface area contributed by atoms with E-state index in [9.17, 15) is 0 Å². The van der Waals surface area contributed by atoms with Gasteiger partial charge in [-0.3, -0.25) is 0 Å². The SMILES string of the molecule is C1#CC2OCCOC2=CC=C1. The van der Waals surface area contributed by atoms with Crippen molar-refractivity contribution in [2.75, 3.05) is 13.2 Å². The Morgan fingerprint density at radius 2 is 2.45 bits per heavy atom. The normalized spacial score (nSPS) is 26.9. The zero-order valence-electron chi connectivity index (χ0n) is 6.04. The summed E-state index contributed by atoms with van der Waals surface area (Å²) in [5.74, 6) is 6.62. The van der Waals surface area contributed by atoms with Gasteiger partial charge in [-0.2, -0.15) is 0 Å². The zero-order valence-corrected chi connectivity index (χ0v) is 6.04. The molecule has 1 saturated heterocycles. The first kappa shape index (κ1) is 6.51. The van der Waals surface area contributed by atoms with Gasteiger partial charge in [0.05, 0.1) is 6.61 Å². The first-order valence-corrected chi connectivity index (χ1v) is 3.59. The molecule has 1 aliphatic heterocycles. The molecular weight excluding hydrogens is 140 g/mol. The van der Waals surface area contributed by atoms with Gasteiger partial charge in [-0.25, -0.2) is 0 Å². The van der Waals surface area contributed by atoms with Crippen molar-refractivity contribution in [3.05, 3.63) is 24.0 Å². The Labute approximate surface area is 65.5 Å². The molecule has 2 heteroatoms. The van der Waals surface area contributed by atoms with Crippen molar-refractivity contribution >= 4 is 0 Å². The number of ether oxygens (including phenoxy) is 2. The minimum Gasteiger partial charge on any atom is -0.492 e. The predicted octanol–water partition coefficient (Wildman–Crippen LogP) is 0.859. The summed E-state index contributed by atoms with van der Waals surface area (Å²) in [7, 11) is 0. The maximum atomic E-state index is 5.35. The van der Waals surface area contributed by atoms with Gasteiger partial charge in [-0.1, -0.05) is 17.9 Å². The topological polar surface area (TPSA) is 18.5 Å². The van der Waals surface area contributed by atoms with Crippen LogP contribution in [-0.2, 0) is 9.47 Å². The Balaban J connectivity index is 2.25. The first-order chi connectivity index (χ1) is 5.47. The van der Waals surface area contributed by atoms with E-state index in [0.29, 0.717) is 13.2 Å². The van der Waals surface area contributed by atoms with Crippen LogP contribution in [0.1, 0.15) is 0 Å². The van der Waals surface area contributed by atoms with Gasteiger partial charge in [0, 0.05) is 0 Å². The molecule has 0 spiro atoms. The average Bonchev–Trinajstić information content (AvgIpc) is 2.28. The quantitative estimate of drug-likeness (QED) is 0.474. The molecule has 0 radical (unpaired) electrons. The molecule has 11 heavy (non-hydrogen) atoms. The van der Waals surface area contributed by atoms with Crippen LogP contribution in [0.2, 0.25) is 0 Å². The molecule has 2 rings (SSSR count). The van der Waals surface area contributed by atoms with E-state index in [1.165, 1.54) is 0 Å². The van der Waals surface area contributed by atoms with Crippen molar-refractivity contribution in [3.63, 3.8) is 0 Å². The molecule has 0 aromatic heterocycles. The maximum Gasteiger partial charge on any atom is 0.175 e. The minimum absolute atomic E-state index is 0.140. The standard InChI is InChI=1S/C9H8O2/c1-2-4-8-9(5-3-1)11-7-6-10-8/h1-2,4,9H,6-7H2. The third-order valence-corrected chi connectivity index (χ3v) is 1.55. The monoisotopic (exact) mass is 148 g/mol. The Kier molecular flexibility index (Phi) is 1.66. The lowest BCUT2D eigenvalue weighted by Crippen LogP contribution is -2.25. The van der Waals surface area contributed by atoms with Gasteiger partial charge >= 0.3 is 0 Å². The van der Waals surface area contributed by atoms with E-state index in [2.05, 4.69) is 11.8 Å². The Hall–Kier alpha value is -1.20. The molecule has 2 aliphatic rings. The third-order valence-electron chi connectivity index (χ3n) is 1.55. The summed E-state index contributed by atoms with van der Waals surface area (Å²) < 4.78 is 10.7. The second kappa shape index (κ2) is 2.81. The lowest BCUT2D eigenvalue weighted by Gasteiger charge is -2.21. The number of hydrogen-bond acceptors (Lipinski definition) is 2. The summed E-state index contributed by atoms with van der Waals surface area (Å²) in [4.78, 5) is 0. The van der Waals surface area contributed by atoms with E-state index in [-0.39, 0.29) is 6.10 Å². The highest BCUT2D eigenvalue weighted by Gasteiger charge is 2.18. The Bertz CT molecular complexity index is 265. The van der Waals surface area contributed by atoms with Gasteiger partial charge in [-0.15, -0.1) is 0 Å². The number of fused-ring (bicyclic) bond motifs is 1. The summed E-state index contributed by atoms with van der Waals surface area (Å²) in [5, 5.41) is 0. The van der Waals surface area contributed by atoms with E-state index in [1.807, 2.05) is 12.2 Å². The van der Waals surface area contributed by atoms with Crippen LogP contribution in [0.25, 0.3) is 0 Å². The van der Waals surface area contributed by atoms with Gasteiger partial charge in [0.25, 0.3) is 0 Å². The smallest absolute Gasteiger partial charge is 0.175 e. The predicted molar refractivity (Wildman–Crippen MR) is 40.7 cm³/mol. The molecule has 0 aromatic rings. The molecule has 1 atom stereocenters. The van der Waals surface area contributed by atoms with Crippen LogP contribution in [0, 0.1) is 11.8 Å². The highest BCUT2D eigenvalue weighted by Crippen LogP contribution is 2.14. The molecule has 0 aromatic carbocycles. The van der Waals surface area contributed by atoms with E-state index < -0.39 is 0 Å². The maximum absolute atomic E-state index is 5.35. The zero-order chi connectivity index (χ0) is 7.52. The molecule has 2 nitrogen and oxygen atoms in total. The molecule has 0 amide bonds. The van der Waals surface area contributed by atoms with Crippen molar-refractivity contribution < 1.29 is 9.47 Å². The van der Waals surface area contributed by atoms with Crippen LogP contribution in [0.5, 0.6) is 0 Å². The van der Waals surface area contributed by atoms with Crippen LogP contribution >= 0.6 is 0 Å². The van der Waals surface area contributed by atoms with Gasteiger partial charge in [0.15, 0.2) is 6.10 Å². The van der Waals surface area contributed by atoms with Gasteiger partial charge in [0.1, 0.15) is 12.4 Å². The molecule has 1 aliphatic carbocycles. The largest absolute Gasteiger partial charge is 0.492 e. The van der Waals surface area contributed by atoms with Crippen molar-refractivity contribution in [2.24, 2.45) is 0 Å². The van der Waals surface area contributed by atoms with Gasteiger partial charge in [0.2, 0.25) is 0 Å². The first-order valence-electron chi connectivity index (χ1n) is 3.59. The van der Waals surface area contributed by atoms with Crippen LogP contribution in [0.4, 0.5) is 0 Å². The van der Waals surface area contributed by atoms with Crippen LogP contribution in [-0.4, -0.2) is 19.3 Å². The van der Waals surface area contributed by atoms with Gasteiger partial charge in [-0.05, 0) is 12.2 Å². The summed E-state index contributed by atoms with van der Waals surface area (Å²) in [6, 6.07) is 0. The van der Waals surface area contributed by atoms with Crippen LogP contribution in [0.15, 0.2) is 24.0 Å². The van der Waals surface area contributed by atoms with E-state index in [0.717, 1.165) is 5.76 Å². The molecule has 1 heterocycles. The second-order valence-electron chi connectivity index (χ2n) is 2.32. The molecule has 56 valence electrons. The fourth-order valence-corrected chi connectivity index (χ4v) is 1.05. The summed E-state index contributed by atoms with van der Waals surface area (Å²) >= 11 is 0. The number of hydrogen-bond donors (Lipinski definition) is 0. The highest BCUT2D eigenvalue weighted by atomic mass is 16.6. The van der Waals surface area contributed by atoms with Crippen molar-refractivity contribution in [3.8, 4) is 11.8 Å². The van der Waals surface area contributed by atoms with Gasteiger partial charge < -0.3 is 9.47 Å². The van der Waals surface area contributed by atoms with Crippen LogP contribution in [0.3, 0.4) is 0 Å². The fraction of sp³-hybridized carbons (Fsp3) is 0.333. The third kappa shape index (κ3) is 1.28. The van der Waals surface area contributed by atoms with Crippen molar-refractivity contribution in [2.45, 2.75) is 6.10 Å². The molecule has 0 bridgehead atoms. The second-order valence-corrected chi connectivity index (χ2v) is 2.32. The number of allylic oxidation sites excluding steroid dienone is 3. The highest BCUT2D eigenvalue weighted by molar-refractivity contribution is 5.32. The van der Waals surface area contributed by atoms with E-state index >= 15 is 0 Å². The molecular formula is C9H8O2. The minimum atomic E-state index is -0.140. The lowest BCUT2D eigenvalue weighted by molar-refractivity contribution is -0.0168. The van der Waals surface area contributed by atoms with Crippen molar-refractivity contribution in [1.29, 1.82) is 0 Å².